The monoisotopic (exact) mass is 252 g/mol. The average molecular weight is 252 g/mol. The van der Waals surface area contributed by atoms with Crippen molar-refractivity contribution in [3.05, 3.63) is 18.2 Å². The molecule has 0 bridgehead atoms. The van der Waals surface area contributed by atoms with Crippen LogP contribution in [0.3, 0.4) is 0 Å². The summed E-state index contributed by atoms with van der Waals surface area (Å²) in [6.07, 6.45) is -0.427. The Morgan fingerprint density at radius 3 is 3.00 bits per heavy atom. The maximum Gasteiger partial charge on any atom is 0.265 e. The van der Waals surface area contributed by atoms with Gasteiger partial charge in [-0.05, 0) is 25.1 Å². The minimum absolute atomic E-state index is 0.105. The highest BCUT2D eigenvalue weighted by atomic mass is 32.1. The minimum Gasteiger partial charge on any atom is -0.479 e. The second kappa shape index (κ2) is 4.87. The SMILES string of the molecule is CC1Oc2ccc(N(C)CCS)cc2NC1=O. The number of carbonyl (C=O) groups excluding carboxylic acids is 1. The molecule has 1 atom stereocenters. The Bertz CT molecular complexity index is 437. The summed E-state index contributed by atoms with van der Waals surface area (Å²) in [5.41, 5.74) is 1.77. The molecule has 0 saturated carbocycles. The van der Waals surface area contributed by atoms with Crippen LogP contribution in [0.25, 0.3) is 0 Å². The van der Waals surface area contributed by atoms with Gasteiger partial charge in [0.2, 0.25) is 0 Å². The molecule has 17 heavy (non-hydrogen) atoms. The molecular formula is C12H16N2O2S. The molecule has 1 amide bonds. The molecule has 0 saturated heterocycles. The molecule has 0 radical (unpaired) electrons. The van der Waals surface area contributed by atoms with E-state index in [-0.39, 0.29) is 5.91 Å². The zero-order valence-corrected chi connectivity index (χ0v) is 10.8. The summed E-state index contributed by atoms with van der Waals surface area (Å²) in [5.74, 6) is 1.40. The van der Waals surface area contributed by atoms with E-state index in [9.17, 15) is 4.79 Å². The second-order valence-electron chi connectivity index (χ2n) is 4.07. The zero-order valence-electron chi connectivity index (χ0n) is 9.93. The molecule has 0 spiro atoms. The topological polar surface area (TPSA) is 41.6 Å². The lowest BCUT2D eigenvalue weighted by atomic mass is 10.2. The number of ether oxygens (including phenoxy) is 1. The smallest absolute Gasteiger partial charge is 0.265 e. The average Bonchev–Trinajstić information content (AvgIpc) is 2.30. The van der Waals surface area contributed by atoms with E-state index in [4.69, 9.17) is 4.74 Å². The van der Waals surface area contributed by atoms with Crippen LogP contribution in [-0.2, 0) is 4.79 Å². The third kappa shape index (κ3) is 2.49. The third-order valence-electron chi connectivity index (χ3n) is 2.77. The molecule has 1 aromatic rings. The predicted octanol–water partition coefficient (Wildman–Crippen LogP) is 1.77. The number of carbonyl (C=O) groups is 1. The van der Waals surface area contributed by atoms with Gasteiger partial charge >= 0.3 is 0 Å². The van der Waals surface area contributed by atoms with Crippen LogP contribution in [-0.4, -0.2) is 31.4 Å². The summed E-state index contributed by atoms with van der Waals surface area (Å²) in [4.78, 5) is 13.6. The largest absolute Gasteiger partial charge is 0.479 e. The Morgan fingerprint density at radius 2 is 2.29 bits per heavy atom. The van der Waals surface area contributed by atoms with Crippen molar-refractivity contribution in [2.75, 3.05) is 29.6 Å². The number of thiol groups is 1. The fourth-order valence-electron chi connectivity index (χ4n) is 1.71. The lowest BCUT2D eigenvalue weighted by Gasteiger charge is -2.25. The molecular weight excluding hydrogens is 236 g/mol. The summed E-state index contributed by atoms with van der Waals surface area (Å²) in [6, 6.07) is 5.78. The van der Waals surface area contributed by atoms with Crippen molar-refractivity contribution < 1.29 is 9.53 Å². The number of fused-ring (bicyclic) bond motifs is 1. The highest BCUT2D eigenvalue weighted by molar-refractivity contribution is 7.80. The number of rotatable bonds is 3. The minimum atomic E-state index is -0.427. The first-order valence-corrected chi connectivity index (χ1v) is 6.18. The number of hydrogen-bond acceptors (Lipinski definition) is 4. The Balaban J connectivity index is 2.25. The summed E-state index contributed by atoms with van der Waals surface area (Å²) in [5, 5.41) is 2.84. The van der Waals surface area contributed by atoms with Crippen LogP contribution in [0.2, 0.25) is 0 Å². The van der Waals surface area contributed by atoms with E-state index in [2.05, 4.69) is 22.8 Å². The van der Waals surface area contributed by atoms with Crippen molar-refractivity contribution in [1.82, 2.24) is 0 Å². The molecule has 1 unspecified atom stereocenters. The molecule has 0 aromatic heterocycles. The summed E-state index contributed by atoms with van der Waals surface area (Å²) < 4.78 is 5.49. The number of amides is 1. The van der Waals surface area contributed by atoms with Gasteiger partial charge in [0.15, 0.2) is 6.10 Å². The van der Waals surface area contributed by atoms with Crippen LogP contribution in [0, 0.1) is 0 Å². The van der Waals surface area contributed by atoms with Crippen molar-refractivity contribution in [3.63, 3.8) is 0 Å². The van der Waals surface area contributed by atoms with Crippen LogP contribution in [0.4, 0.5) is 11.4 Å². The fraction of sp³-hybridized carbons (Fsp3) is 0.417. The van der Waals surface area contributed by atoms with Gasteiger partial charge in [0.25, 0.3) is 5.91 Å². The van der Waals surface area contributed by atoms with E-state index < -0.39 is 6.10 Å². The molecule has 92 valence electrons. The number of anilines is 2. The molecule has 1 aliphatic heterocycles. The number of benzene rings is 1. The first-order chi connectivity index (χ1) is 8.11. The number of nitrogens with zero attached hydrogens (tertiary/aromatic N) is 1. The van der Waals surface area contributed by atoms with Gasteiger partial charge in [-0.1, -0.05) is 0 Å². The van der Waals surface area contributed by atoms with Crippen LogP contribution < -0.4 is 15.0 Å². The van der Waals surface area contributed by atoms with Crippen molar-refractivity contribution in [2.45, 2.75) is 13.0 Å². The van der Waals surface area contributed by atoms with Crippen LogP contribution in [0.1, 0.15) is 6.92 Å². The predicted molar refractivity (Wildman–Crippen MR) is 72.3 cm³/mol. The maximum absolute atomic E-state index is 11.5. The highest BCUT2D eigenvalue weighted by Crippen LogP contribution is 2.33. The van der Waals surface area contributed by atoms with E-state index in [0.717, 1.165) is 29.4 Å². The molecule has 4 nitrogen and oxygen atoms in total. The quantitative estimate of drug-likeness (QED) is 0.806. The van der Waals surface area contributed by atoms with Gasteiger partial charge in [0.05, 0.1) is 5.69 Å². The van der Waals surface area contributed by atoms with Gasteiger partial charge in [-0.25, -0.2) is 0 Å². The third-order valence-corrected chi connectivity index (χ3v) is 2.97. The van der Waals surface area contributed by atoms with Gasteiger partial charge in [-0.3, -0.25) is 4.79 Å². The van der Waals surface area contributed by atoms with Gasteiger partial charge < -0.3 is 15.0 Å². The lowest BCUT2D eigenvalue weighted by molar-refractivity contribution is -0.122. The first kappa shape index (κ1) is 12.1. The second-order valence-corrected chi connectivity index (χ2v) is 4.52. The maximum atomic E-state index is 11.5. The molecule has 5 heteroatoms. The fourth-order valence-corrected chi connectivity index (χ4v) is 2.01. The van der Waals surface area contributed by atoms with Crippen molar-refractivity contribution in [2.24, 2.45) is 0 Å². The van der Waals surface area contributed by atoms with Crippen molar-refractivity contribution in [3.8, 4) is 5.75 Å². The molecule has 1 aromatic carbocycles. The molecule has 1 aliphatic rings. The molecule has 0 aliphatic carbocycles. The summed E-state index contributed by atoms with van der Waals surface area (Å²) in [7, 11) is 1.99. The summed E-state index contributed by atoms with van der Waals surface area (Å²) in [6.45, 7) is 2.59. The molecule has 2 rings (SSSR count). The molecule has 1 N–H and O–H groups in total. The molecule has 1 heterocycles. The highest BCUT2D eigenvalue weighted by Gasteiger charge is 2.23. The van der Waals surface area contributed by atoms with Gasteiger partial charge in [0.1, 0.15) is 5.75 Å². The van der Waals surface area contributed by atoms with Crippen molar-refractivity contribution >= 4 is 29.9 Å². The van der Waals surface area contributed by atoms with Crippen LogP contribution >= 0.6 is 12.6 Å². The number of nitrogens with one attached hydrogen (secondary N) is 1. The van der Waals surface area contributed by atoms with E-state index >= 15 is 0 Å². The summed E-state index contributed by atoms with van der Waals surface area (Å²) >= 11 is 4.20. The first-order valence-electron chi connectivity index (χ1n) is 5.55. The van der Waals surface area contributed by atoms with Crippen LogP contribution in [0.5, 0.6) is 5.75 Å². The van der Waals surface area contributed by atoms with E-state index in [1.807, 2.05) is 25.2 Å². The number of hydrogen-bond donors (Lipinski definition) is 2. The molecule has 0 fully saturated rings. The van der Waals surface area contributed by atoms with E-state index in [1.54, 1.807) is 6.92 Å². The van der Waals surface area contributed by atoms with E-state index in [1.165, 1.54) is 0 Å². The van der Waals surface area contributed by atoms with Crippen molar-refractivity contribution in [1.29, 1.82) is 0 Å². The standard InChI is InChI=1S/C12H16N2O2S/c1-8-12(15)13-10-7-9(14(2)5-6-17)3-4-11(10)16-8/h3-4,7-8,17H,5-6H2,1-2H3,(H,13,15). The van der Waals surface area contributed by atoms with Gasteiger partial charge in [-0.2, -0.15) is 12.6 Å². The Hall–Kier alpha value is -1.36. The Morgan fingerprint density at radius 1 is 1.53 bits per heavy atom. The zero-order chi connectivity index (χ0) is 12.4. The van der Waals surface area contributed by atoms with Gasteiger partial charge in [-0.15, -0.1) is 0 Å². The van der Waals surface area contributed by atoms with Gasteiger partial charge in [0, 0.05) is 25.0 Å². The Kier molecular flexibility index (Phi) is 3.47. The van der Waals surface area contributed by atoms with Crippen LogP contribution in [0.15, 0.2) is 18.2 Å². The lowest BCUT2D eigenvalue weighted by Crippen LogP contribution is -2.34. The normalized spacial score (nSPS) is 18.1. The Labute approximate surface area is 106 Å². The van der Waals surface area contributed by atoms with E-state index in [0.29, 0.717) is 0 Å².